The average molecular weight is 498 g/mol. The minimum atomic E-state index is -0.299. The van der Waals surface area contributed by atoms with Crippen LogP contribution in [0.5, 0.6) is 5.75 Å². The lowest BCUT2D eigenvalue weighted by Crippen LogP contribution is -2.49. The number of ether oxygens (including phenoxy) is 1. The van der Waals surface area contributed by atoms with Gasteiger partial charge in [0.1, 0.15) is 11.6 Å². The van der Waals surface area contributed by atoms with Crippen molar-refractivity contribution in [1.82, 2.24) is 14.0 Å². The fourth-order valence-electron chi connectivity index (χ4n) is 4.25. The van der Waals surface area contributed by atoms with Crippen molar-refractivity contribution in [2.75, 3.05) is 49.5 Å². The van der Waals surface area contributed by atoms with E-state index in [4.69, 9.17) is 16.3 Å². The Morgan fingerprint density at radius 2 is 1.69 bits per heavy atom. The second kappa shape index (κ2) is 11.5. The molecule has 9 heteroatoms. The molecule has 1 saturated heterocycles. The van der Waals surface area contributed by atoms with Crippen molar-refractivity contribution in [2.24, 2.45) is 14.1 Å². The predicted octanol–water partition coefficient (Wildman–Crippen LogP) is 2.94. The Morgan fingerprint density at radius 3 is 2.43 bits per heavy atom. The highest BCUT2D eigenvalue weighted by Crippen LogP contribution is 2.28. The van der Waals surface area contributed by atoms with E-state index in [0.29, 0.717) is 24.0 Å². The Bertz CT molecular complexity index is 1250. The topological polar surface area (TPSA) is 71.7 Å². The number of anilines is 2. The van der Waals surface area contributed by atoms with E-state index in [2.05, 4.69) is 27.2 Å². The van der Waals surface area contributed by atoms with Gasteiger partial charge in [0.25, 0.3) is 5.56 Å². The summed E-state index contributed by atoms with van der Waals surface area (Å²) in [5, 5.41) is 4.09. The maximum Gasteiger partial charge on any atom is 0.332 e. The van der Waals surface area contributed by atoms with Crippen LogP contribution in [0.4, 0.5) is 11.5 Å². The van der Waals surface area contributed by atoms with Gasteiger partial charge in [-0.3, -0.25) is 18.8 Å². The first kappa shape index (κ1) is 24.9. The number of hydrogen-bond donors (Lipinski definition) is 1. The highest BCUT2D eigenvalue weighted by Gasteiger charge is 2.20. The first-order valence-corrected chi connectivity index (χ1v) is 12.2. The molecule has 0 unspecified atom stereocenters. The lowest BCUT2D eigenvalue weighted by Gasteiger charge is -2.36. The Labute approximate surface area is 210 Å². The van der Waals surface area contributed by atoms with Crippen LogP contribution in [0, 0.1) is 0 Å². The van der Waals surface area contributed by atoms with Crippen LogP contribution in [0.25, 0.3) is 0 Å². The van der Waals surface area contributed by atoms with Crippen LogP contribution in [0.15, 0.2) is 64.2 Å². The molecule has 1 aliphatic rings. The number of nitrogens with zero attached hydrogens (tertiary/aromatic N) is 4. The maximum atomic E-state index is 12.2. The van der Waals surface area contributed by atoms with Gasteiger partial charge in [-0.1, -0.05) is 41.9 Å². The Kier molecular flexibility index (Phi) is 8.15. The Hall–Kier alpha value is -3.23. The monoisotopic (exact) mass is 497 g/mol. The average Bonchev–Trinajstić information content (AvgIpc) is 2.88. The third-order valence-corrected chi connectivity index (χ3v) is 6.58. The van der Waals surface area contributed by atoms with Gasteiger partial charge in [-0.15, -0.1) is 0 Å². The second-order valence-corrected chi connectivity index (χ2v) is 9.19. The number of piperazine rings is 1. The van der Waals surface area contributed by atoms with E-state index in [9.17, 15) is 9.59 Å². The number of halogens is 1. The van der Waals surface area contributed by atoms with Gasteiger partial charge in [-0.25, -0.2) is 4.79 Å². The van der Waals surface area contributed by atoms with Crippen molar-refractivity contribution in [1.29, 1.82) is 0 Å². The highest BCUT2D eigenvalue weighted by atomic mass is 35.5. The van der Waals surface area contributed by atoms with Gasteiger partial charge in [0, 0.05) is 64.5 Å². The summed E-state index contributed by atoms with van der Waals surface area (Å²) in [6, 6.07) is 17.4. The summed E-state index contributed by atoms with van der Waals surface area (Å²) in [6.07, 6.45) is 0.894. The van der Waals surface area contributed by atoms with Crippen molar-refractivity contribution in [2.45, 2.75) is 13.0 Å². The fraction of sp³-hybridized carbons (Fsp3) is 0.385. The third kappa shape index (κ3) is 6.26. The van der Waals surface area contributed by atoms with Crippen LogP contribution in [0.3, 0.4) is 0 Å². The molecular formula is C26H32ClN5O3. The van der Waals surface area contributed by atoms with E-state index < -0.39 is 0 Å². The van der Waals surface area contributed by atoms with Crippen LogP contribution in [-0.4, -0.2) is 53.4 Å². The van der Waals surface area contributed by atoms with E-state index >= 15 is 0 Å². The molecule has 186 valence electrons. The van der Waals surface area contributed by atoms with Gasteiger partial charge < -0.3 is 15.0 Å². The molecule has 35 heavy (non-hydrogen) atoms. The molecule has 1 fully saturated rings. The molecule has 0 bridgehead atoms. The summed E-state index contributed by atoms with van der Waals surface area (Å²) in [6.45, 7) is 5.50. The fourth-order valence-corrected chi connectivity index (χ4v) is 4.43. The van der Waals surface area contributed by atoms with E-state index in [0.717, 1.165) is 55.1 Å². The maximum absolute atomic E-state index is 12.2. The van der Waals surface area contributed by atoms with Crippen LogP contribution in [-0.2, 0) is 20.6 Å². The van der Waals surface area contributed by atoms with Gasteiger partial charge >= 0.3 is 5.69 Å². The summed E-state index contributed by atoms with van der Waals surface area (Å²) >= 11 is 6.21. The minimum Gasteiger partial charge on any atom is -0.491 e. The number of nitrogens with one attached hydrogen (secondary N) is 1. The number of hydrogen-bond acceptors (Lipinski definition) is 6. The first-order valence-electron chi connectivity index (χ1n) is 11.9. The quantitative estimate of drug-likeness (QED) is 0.458. The number of aromatic nitrogens is 2. The molecule has 0 atom stereocenters. The molecule has 0 radical (unpaired) electrons. The van der Waals surface area contributed by atoms with E-state index in [1.165, 1.54) is 12.6 Å². The summed E-state index contributed by atoms with van der Waals surface area (Å²) in [5.74, 6) is 1.47. The molecule has 0 aliphatic carbocycles. The molecule has 1 aliphatic heterocycles. The standard InChI is InChI=1S/C26H32ClN5O3/c1-29-24(18-25(33)30(2)26(29)34)32-14-12-31(13-15-32)11-6-16-35-23-10-9-21(27)17-22(23)28-19-20-7-4-3-5-8-20/h3-5,7-10,17-18,28H,6,11-16,19H2,1-2H3. The highest BCUT2D eigenvalue weighted by molar-refractivity contribution is 6.30. The molecule has 2 heterocycles. The van der Waals surface area contributed by atoms with E-state index in [1.807, 2.05) is 36.4 Å². The molecule has 1 aromatic heterocycles. The normalized spacial score (nSPS) is 14.2. The SMILES string of the molecule is Cn1c(N2CCN(CCCOc3ccc(Cl)cc3NCc3ccccc3)CC2)cc(=O)n(C)c1=O. The molecule has 0 saturated carbocycles. The largest absolute Gasteiger partial charge is 0.491 e. The van der Waals surface area contributed by atoms with Crippen LogP contribution < -0.4 is 26.2 Å². The molecule has 4 rings (SSSR count). The van der Waals surface area contributed by atoms with Crippen molar-refractivity contribution in [3.8, 4) is 5.75 Å². The zero-order valence-electron chi connectivity index (χ0n) is 20.2. The van der Waals surface area contributed by atoms with Gasteiger partial charge in [-0.2, -0.15) is 0 Å². The summed E-state index contributed by atoms with van der Waals surface area (Å²) in [4.78, 5) is 28.8. The molecule has 0 amide bonds. The van der Waals surface area contributed by atoms with Gasteiger partial charge in [0.2, 0.25) is 0 Å². The van der Waals surface area contributed by atoms with Gasteiger partial charge in [0.15, 0.2) is 0 Å². The summed E-state index contributed by atoms with van der Waals surface area (Å²) in [7, 11) is 3.21. The lowest BCUT2D eigenvalue weighted by atomic mass is 10.2. The molecule has 0 spiro atoms. The smallest absolute Gasteiger partial charge is 0.332 e. The molecular weight excluding hydrogens is 466 g/mol. The Balaban J connectivity index is 1.25. The zero-order chi connectivity index (χ0) is 24.8. The van der Waals surface area contributed by atoms with Crippen LogP contribution >= 0.6 is 11.6 Å². The van der Waals surface area contributed by atoms with Crippen molar-refractivity contribution >= 4 is 23.1 Å². The molecule has 2 aromatic carbocycles. The predicted molar refractivity (Wildman–Crippen MR) is 141 cm³/mol. The van der Waals surface area contributed by atoms with E-state index in [-0.39, 0.29) is 11.2 Å². The number of benzene rings is 2. The third-order valence-electron chi connectivity index (χ3n) is 6.34. The second-order valence-electron chi connectivity index (χ2n) is 8.75. The molecule has 8 nitrogen and oxygen atoms in total. The number of rotatable bonds is 9. The van der Waals surface area contributed by atoms with E-state index in [1.54, 1.807) is 17.7 Å². The lowest BCUT2D eigenvalue weighted by molar-refractivity contribution is 0.224. The van der Waals surface area contributed by atoms with Gasteiger partial charge in [-0.05, 0) is 30.2 Å². The van der Waals surface area contributed by atoms with Crippen molar-refractivity contribution in [3.05, 3.63) is 86.0 Å². The summed E-state index contributed by atoms with van der Waals surface area (Å²) in [5.41, 5.74) is 1.50. The molecule has 1 N–H and O–H groups in total. The van der Waals surface area contributed by atoms with Crippen LogP contribution in [0.1, 0.15) is 12.0 Å². The first-order chi connectivity index (χ1) is 16.9. The minimum absolute atomic E-state index is 0.275. The zero-order valence-corrected chi connectivity index (χ0v) is 21.0. The van der Waals surface area contributed by atoms with Gasteiger partial charge in [0.05, 0.1) is 12.3 Å². The summed E-state index contributed by atoms with van der Waals surface area (Å²) < 4.78 is 8.75. The molecule has 3 aromatic rings. The van der Waals surface area contributed by atoms with Crippen molar-refractivity contribution < 1.29 is 4.74 Å². The Morgan fingerprint density at radius 1 is 0.943 bits per heavy atom. The van der Waals surface area contributed by atoms with Crippen molar-refractivity contribution in [3.63, 3.8) is 0 Å². The van der Waals surface area contributed by atoms with Crippen LogP contribution in [0.2, 0.25) is 5.02 Å².